The molecule has 1 aliphatic rings. The molecular formula is C13H23F3N2O2. The first-order valence-electron chi connectivity index (χ1n) is 6.85. The first kappa shape index (κ1) is 17.1. The van der Waals surface area contributed by atoms with Gasteiger partial charge in [0.15, 0.2) is 0 Å². The molecule has 118 valence electrons. The number of halogens is 3. The summed E-state index contributed by atoms with van der Waals surface area (Å²) in [4.78, 5) is 13.4. The third kappa shape index (κ3) is 6.98. The van der Waals surface area contributed by atoms with Crippen LogP contribution in [-0.4, -0.2) is 48.4 Å². The van der Waals surface area contributed by atoms with Crippen LogP contribution < -0.4 is 5.32 Å². The van der Waals surface area contributed by atoms with Gasteiger partial charge in [-0.3, -0.25) is 0 Å². The minimum atomic E-state index is -4.12. The van der Waals surface area contributed by atoms with Gasteiger partial charge in [0.25, 0.3) is 0 Å². The Bertz CT molecular complexity index is 319. The quantitative estimate of drug-likeness (QED) is 0.870. The van der Waals surface area contributed by atoms with Crippen molar-refractivity contribution in [3.63, 3.8) is 0 Å². The summed E-state index contributed by atoms with van der Waals surface area (Å²) in [5.74, 6) is 0. The van der Waals surface area contributed by atoms with Crippen LogP contribution in [0.25, 0.3) is 0 Å². The molecule has 0 radical (unpaired) electrons. The van der Waals surface area contributed by atoms with Gasteiger partial charge in [0.05, 0.1) is 6.42 Å². The second kappa shape index (κ2) is 6.65. The highest BCUT2D eigenvalue weighted by molar-refractivity contribution is 5.68. The number of alkyl halides is 3. The number of carbonyl (C=O) groups is 1. The number of carbonyl (C=O) groups excluding carboxylic acids is 1. The Morgan fingerprint density at radius 2 is 1.80 bits per heavy atom. The van der Waals surface area contributed by atoms with Crippen LogP contribution in [0.15, 0.2) is 0 Å². The predicted molar refractivity (Wildman–Crippen MR) is 69.5 cm³/mol. The zero-order chi connectivity index (χ0) is 15.4. The SMILES string of the molecule is CC(C)(C)OC(=O)N1CCC(NCCC(F)(F)F)CC1. The molecule has 20 heavy (non-hydrogen) atoms. The summed E-state index contributed by atoms with van der Waals surface area (Å²) in [6.45, 7) is 6.36. The molecule has 7 heteroatoms. The Balaban J connectivity index is 2.25. The lowest BCUT2D eigenvalue weighted by Gasteiger charge is -2.33. The first-order chi connectivity index (χ1) is 9.07. The van der Waals surface area contributed by atoms with Gasteiger partial charge in [-0.1, -0.05) is 0 Å². The summed E-state index contributed by atoms with van der Waals surface area (Å²) in [5, 5.41) is 2.89. The highest BCUT2D eigenvalue weighted by atomic mass is 19.4. The van der Waals surface area contributed by atoms with Crippen LogP contribution in [0, 0.1) is 0 Å². The van der Waals surface area contributed by atoms with E-state index in [1.165, 1.54) is 0 Å². The van der Waals surface area contributed by atoms with E-state index in [0.717, 1.165) is 0 Å². The second-order valence-electron chi connectivity index (χ2n) is 6.06. The van der Waals surface area contributed by atoms with E-state index < -0.39 is 18.2 Å². The van der Waals surface area contributed by atoms with Crippen molar-refractivity contribution in [2.45, 2.75) is 57.9 Å². The summed E-state index contributed by atoms with van der Waals surface area (Å²) in [6.07, 6.45) is -4.00. The number of ether oxygens (including phenoxy) is 1. The van der Waals surface area contributed by atoms with Gasteiger partial charge in [-0.25, -0.2) is 4.79 Å². The molecule has 0 bridgehead atoms. The van der Waals surface area contributed by atoms with Crippen LogP contribution in [0.2, 0.25) is 0 Å². The standard InChI is InChI=1S/C13H23F3N2O2/c1-12(2,3)20-11(19)18-8-4-10(5-9-18)17-7-6-13(14,15)16/h10,17H,4-9H2,1-3H3. The number of piperidine rings is 1. The molecule has 0 spiro atoms. The molecular weight excluding hydrogens is 273 g/mol. The Morgan fingerprint density at radius 1 is 1.25 bits per heavy atom. The third-order valence-corrected chi connectivity index (χ3v) is 2.99. The smallest absolute Gasteiger partial charge is 0.410 e. The lowest BCUT2D eigenvalue weighted by Crippen LogP contribution is -2.46. The normalized spacial score (nSPS) is 18.2. The van der Waals surface area contributed by atoms with Gasteiger partial charge >= 0.3 is 12.3 Å². The number of nitrogens with zero attached hydrogens (tertiary/aromatic N) is 1. The summed E-state index contributed by atoms with van der Waals surface area (Å²) in [6, 6.07) is 0.0380. The van der Waals surface area contributed by atoms with Crippen molar-refractivity contribution in [1.29, 1.82) is 0 Å². The van der Waals surface area contributed by atoms with Gasteiger partial charge in [0, 0.05) is 25.7 Å². The van der Waals surface area contributed by atoms with Gasteiger partial charge in [-0.05, 0) is 33.6 Å². The number of amides is 1. The van der Waals surface area contributed by atoms with Crippen LogP contribution in [-0.2, 0) is 4.74 Å². The maximum absolute atomic E-state index is 12.0. The maximum atomic E-state index is 12.0. The Morgan fingerprint density at radius 3 is 2.25 bits per heavy atom. The highest BCUT2D eigenvalue weighted by Crippen LogP contribution is 2.19. The van der Waals surface area contributed by atoms with E-state index in [2.05, 4.69) is 5.32 Å². The third-order valence-electron chi connectivity index (χ3n) is 2.99. The van der Waals surface area contributed by atoms with Crippen LogP contribution in [0.1, 0.15) is 40.0 Å². The van der Waals surface area contributed by atoms with Crippen molar-refractivity contribution < 1.29 is 22.7 Å². The van der Waals surface area contributed by atoms with Crippen molar-refractivity contribution in [3.8, 4) is 0 Å². The van der Waals surface area contributed by atoms with Crippen molar-refractivity contribution in [2.75, 3.05) is 19.6 Å². The largest absolute Gasteiger partial charge is 0.444 e. The lowest BCUT2D eigenvalue weighted by atomic mass is 10.1. The Kier molecular flexibility index (Phi) is 5.68. The van der Waals surface area contributed by atoms with E-state index in [0.29, 0.717) is 25.9 Å². The number of hydrogen-bond donors (Lipinski definition) is 1. The van der Waals surface area contributed by atoms with E-state index in [9.17, 15) is 18.0 Å². The predicted octanol–water partition coefficient (Wildman–Crippen LogP) is 2.93. The lowest BCUT2D eigenvalue weighted by molar-refractivity contribution is -0.133. The molecule has 1 rings (SSSR count). The van der Waals surface area contributed by atoms with Gasteiger partial charge in [-0.15, -0.1) is 0 Å². The molecule has 0 aromatic carbocycles. The molecule has 0 unspecified atom stereocenters. The zero-order valence-electron chi connectivity index (χ0n) is 12.2. The minimum absolute atomic E-state index is 0.0380. The molecule has 0 saturated carbocycles. The average molecular weight is 296 g/mol. The molecule has 1 amide bonds. The van der Waals surface area contributed by atoms with Crippen molar-refractivity contribution in [2.24, 2.45) is 0 Å². The van der Waals surface area contributed by atoms with E-state index >= 15 is 0 Å². The molecule has 0 aromatic rings. The molecule has 0 atom stereocenters. The molecule has 1 heterocycles. The summed E-state index contributed by atoms with van der Waals surface area (Å²) >= 11 is 0. The van der Waals surface area contributed by atoms with E-state index in [4.69, 9.17) is 4.74 Å². The summed E-state index contributed by atoms with van der Waals surface area (Å²) < 4.78 is 41.3. The molecule has 1 fully saturated rings. The number of hydrogen-bond acceptors (Lipinski definition) is 3. The van der Waals surface area contributed by atoms with Crippen molar-refractivity contribution >= 4 is 6.09 Å². The fourth-order valence-electron chi connectivity index (χ4n) is 2.01. The number of nitrogens with one attached hydrogen (secondary N) is 1. The van der Waals surface area contributed by atoms with Gasteiger partial charge in [0.1, 0.15) is 5.60 Å². The minimum Gasteiger partial charge on any atom is -0.444 e. The zero-order valence-corrected chi connectivity index (χ0v) is 12.2. The molecule has 1 aliphatic heterocycles. The molecule has 1 N–H and O–H groups in total. The number of rotatable bonds is 3. The number of likely N-dealkylation sites (tertiary alicyclic amines) is 1. The van der Waals surface area contributed by atoms with Crippen LogP contribution in [0.3, 0.4) is 0 Å². The molecule has 4 nitrogen and oxygen atoms in total. The van der Waals surface area contributed by atoms with Crippen molar-refractivity contribution in [1.82, 2.24) is 10.2 Å². The van der Waals surface area contributed by atoms with E-state index in [1.807, 2.05) is 0 Å². The summed E-state index contributed by atoms with van der Waals surface area (Å²) in [7, 11) is 0. The monoisotopic (exact) mass is 296 g/mol. The van der Waals surface area contributed by atoms with Crippen LogP contribution in [0.5, 0.6) is 0 Å². The first-order valence-corrected chi connectivity index (χ1v) is 6.85. The molecule has 0 aromatic heterocycles. The Hall–Kier alpha value is -0.980. The van der Waals surface area contributed by atoms with Gasteiger partial charge < -0.3 is 15.0 Å². The van der Waals surface area contributed by atoms with Gasteiger partial charge in [-0.2, -0.15) is 13.2 Å². The maximum Gasteiger partial charge on any atom is 0.410 e. The average Bonchev–Trinajstić information content (AvgIpc) is 2.25. The van der Waals surface area contributed by atoms with Crippen LogP contribution >= 0.6 is 0 Å². The van der Waals surface area contributed by atoms with Gasteiger partial charge in [0.2, 0.25) is 0 Å². The fourth-order valence-corrected chi connectivity index (χ4v) is 2.01. The molecule has 1 saturated heterocycles. The Labute approximate surface area is 117 Å². The molecule has 0 aliphatic carbocycles. The topological polar surface area (TPSA) is 41.6 Å². The van der Waals surface area contributed by atoms with Crippen molar-refractivity contribution in [3.05, 3.63) is 0 Å². The second-order valence-corrected chi connectivity index (χ2v) is 6.06. The van der Waals surface area contributed by atoms with Crippen LogP contribution in [0.4, 0.5) is 18.0 Å². The fraction of sp³-hybridized carbons (Fsp3) is 0.923. The summed E-state index contributed by atoms with van der Waals surface area (Å²) in [5.41, 5.74) is -0.529. The highest BCUT2D eigenvalue weighted by Gasteiger charge is 2.29. The van der Waals surface area contributed by atoms with E-state index in [1.54, 1.807) is 25.7 Å². The van der Waals surface area contributed by atoms with E-state index in [-0.39, 0.29) is 18.7 Å².